The van der Waals surface area contributed by atoms with Gasteiger partial charge in [0, 0.05) is 11.3 Å². The second-order valence-corrected chi connectivity index (χ2v) is 8.87. The average molecular weight is 491 g/mol. The number of rotatable bonds is 10. The van der Waals surface area contributed by atoms with Crippen molar-refractivity contribution in [3.05, 3.63) is 87.3 Å². The summed E-state index contributed by atoms with van der Waals surface area (Å²) in [6.45, 7) is 2.37. The van der Waals surface area contributed by atoms with Crippen molar-refractivity contribution in [2.45, 2.75) is 26.3 Å². The maximum absolute atomic E-state index is 12.6. The van der Waals surface area contributed by atoms with Crippen LogP contribution in [0, 0.1) is 0 Å². The highest BCUT2D eigenvalue weighted by atomic mass is 32.1. The molecule has 1 amide bonds. The number of carbonyl (C=O) groups excluding carboxylic acids is 1. The normalized spacial score (nSPS) is 11.1. The summed E-state index contributed by atoms with van der Waals surface area (Å²) in [7, 11) is 1.57. The number of aryl methyl sites for hydroxylation is 1. The molecule has 2 aromatic heterocycles. The largest absolute Gasteiger partial charge is 0.493 e. The Morgan fingerprint density at radius 2 is 2.00 bits per heavy atom. The first-order valence-corrected chi connectivity index (χ1v) is 12.0. The highest BCUT2D eigenvalue weighted by Gasteiger charge is 2.11. The van der Waals surface area contributed by atoms with Gasteiger partial charge >= 0.3 is 0 Å². The minimum absolute atomic E-state index is 0.173. The maximum atomic E-state index is 12.6. The number of aromatic nitrogens is 2. The molecule has 1 N–H and O–H groups in total. The van der Waals surface area contributed by atoms with Crippen molar-refractivity contribution >= 4 is 33.7 Å². The molecule has 0 saturated heterocycles. The van der Waals surface area contributed by atoms with Crippen molar-refractivity contribution in [1.82, 2.24) is 15.0 Å². The molecule has 0 saturated carbocycles. The number of nitrogens with one attached hydrogen (secondary N) is 1. The van der Waals surface area contributed by atoms with E-state index in [4.69, 9.17) is 9.47 Å². The van der Waals surface area contributed by atoms with Crippen molar-refractivity contribution in [2.24, 2.45) is 5.10 Å². The van der Waals surface area contributed by atoms with Crippen LogP contribution < -0.4 is 20.5 Å². The van der Waals surface area contributed by atoms with E-state index < -0.39 is 5.91 Å². The van der Waals surface area contributed by atoms with Gasteiger partial charge in [-0.05, 0) is 41.8 Å². The quantitative estimate of drug-likeness (QED) is 0.270. The number of hydrogen-bond donors (Lipinski definition) is 1. The van der Waals surface area contributed by atoms with Gasteiger partial charge in [-0.2, -0.15) is 5.10 Å². The van der Waals surface area contributed by atoms with Gasteiger partial charge in [0.05, 0.1) is 31.6 Å². The topological polar surface area (TPSA) is 94.8 Å². The molecule has 2 aromatic carbocycles. The maximum Gasteiger partial charge on any atom is 0.262 e. The Bertz CT molecular complexity index is 1400. The Labute approximate surface area is 206 Å². The lowest BCUT2D eigenvalue weighted by Gasteiger charge is -2.11. The van der Waals surface area contributed by atoms with E-state index in [9.17, 15) is 9.59 Å². The number of amides is 1. The Kier molecular flexibility index (Phi) is 7.89. The van der Waals surface area contributed by atoms with Crippen molar-refractivity contribution < 1.29 is 14.3 Å². The van der Waals surface area contributed by atoms with E-state index in [1.807, 2.05) is 37.3 Å². The van der Waals surface area contributed by atoms with E-state index in [1.165, 1.54) is 34.0 Å². The number of benzene rings is 2. The van der Waals surface area contributed by atoms with E-state index in [0.717, 1.165) is 23.3 Å². The second-order valence-electron chi connectivity index (χ2n) is 7.75. The first-order chi connectivity index (χ1) is 17.1. The van der Waals surface area contributed by atoms with Crippen LogP contribution in [0.4, 0.5) is 0 Å². The molecule has 35 heavy (non-hydrogen) atoms. The van der Waals surface area contributed by atoms with Crippen LogP contribution in [0.3, 0.4) is 0 Å². The van der Waals surface area contributed by atoms with Crippen LogP contribution in [0.25, 0.3) is 10.2 Å². The molecular formula is C26H26N4O4S. The van der Waals surface area contributed by atoms with E-state index in [2.05, 4.69) is 27.6 Å². The van der Waals surface area contributed by atoms with Crippen molar-refractivity contribution in [3.63, 3.8) is 0 Å². The summed E-state index contributed by atoms with van der Waals surface area (Å²) >= 11 is 1.49. The lowest BCUT2D eigenvalue weighted by molar-refractivity contribution is -0.121. The summed E-state index contributed by atoms with van der Waals surface area (Å²) in [4.78, 5) is 31.0. The summed E-state index contributed by atoms with van der Waals surface area (Å²) in [5.41, 5.74) is 4.14. The van der Waals surface area contributed by atoms with Gasteiger partial charge in [0.15, 0.2) is 11.5 Å². The van der Waals surface area contributed by atoms with Crippen LogP contribution in [0.1, 0.15) is 22.9 Å². The molecular weight excluding hydrogens is 464 g/mol. The number of fused-ring (bicyclic) bond motifs is 1. The number of thiophene rings is 1. The third-order valence-corrected chi connectivity index (χ3v) is 6.50. The lowest BCUT2D eigenvalue weighted by atomic mass is 10.2. The van der Waals surface area contributed by atoms with Gasteiger partial charge < -0.3 is 9.47 Å². The summed E-state index contributed by atoms with van der Waals surface area (Å²) in [5, 5.41) is 4.53. The highest BCUT2D eigenvalue weighted by molar-refractivity contribution is 7.18. The van der Waals surface area contributed by atoms with Gasteiger partial charge in [-0.15, -0.1) is 11.3 Å². The Hall–Kier alpha value is -3.98. The molecule has 4 aromatic rings. The van der Waals surface area contributed by atoms with Gasteiger partial charge in [0.1, 0.15) is 11.4 Å². The number of nitrogens with zero attached hydrogens (tertiary/aromatic N) is 3. The SMILES string of the molecule is CCc1cc2c(=O)n(CC(=O)NN=Cc3ccc(OCCc4ccccc4)c(OC)c3)cnc2s1. The second kappa shape index (κ2) is 11.4. The fourth-order valence-corrected chi connectivity index (χ4v) is 4.40. The van der Waals surface area contributed by atoms with Crippen LogP contribution in [-0.4, -0.2) is 35.4 Å². The minimum atomic E-state index is -0.428. The molecule has 0 spiro atoms. The molecule has 0 radical (unpaired) electrons. The molecule has 9 heteroatoms. The number of hydrazone groups is 1. The van der Waals surface area contributed by atoms with Crippen molar-refractivity contribution in [1.29, 1.82) is 0 Å². The number of hydrogen-bond acceptors (Lipinski definition) is 7. The van der Waals surface area contributed by atoms with Crippen LogP contribution in [-0.2, 0) is 24.2 Å². The molecule has 4 rings (SSSR count). The molecule has 0 aliphatic heterocycles. The van der Waals surface area contributed by atoms with Gasteiger partial charge in [-0.1, -0.05) is 37.3 Å². The predicted molar refractivity (Wildman–Crippen MR) is 138 cm³/mol. The van der Waals surface area contributed by atoms with E-state index >= 15 is 0 Å². The molecule has 0 fully saturated rings. The van der Waals surface area contributed by atoms with Crippen LogP contribution >= 0.6 is 11.3 Å². The zero-order chi connectivity index (χ0) is 24.6. The summed E-state index contributed by atoms with van der Waals surface area (Å²) in [6.07, 6.45) is 4.52. The summed E-state index contributed by atoms with van der Waals surface area (Å²) < 4.78 is 12.6. The first-order valence-electron chi connectivity index (χ1n) is 11.2. The van der Waals surface area contributed by atoms with Crippen LogP contribution in [0.15, 0.2) is 70.8 Å². The van der Waals surface area contributed by atoms with Gasteiger partial charge in [-0.3, -0.25) is 14.2 Å². The third-order valence-electron chi connectivity index (χ3n) is 5.31. The number of carbonyl (C=O) groups is 1. The highest BCUT2D eigenvalue weighted by Crippen LogP contribution is 2.27. The lowest BCUT2D eigenvalue weighted by Crippen LogP contribution is -2.29. The molecule has 0 unspecified atom stereocenters. The Morgan fingerprint density at radius 3 is 2.77 bits per heavy atom. The molecule has 0 atom stereocenters. The fourth-order valence-electron chi connectivity index (χ4n) is 3.47. The average Bonchev–Trinajstić information content (AvgIpc) is 3.31. The molecule has 8 nitrogen and oxygen atoms in total. The van der Waals surface area contributed by atoms with Gasteiger partial charge in [0.2, 0.25) is 0 Å². The predicted octanol–water partition coefficient (Wildman–Crippen LogP) is 3.80. The van der Waals surface area contributed by atoms with Gasteiger partial charge in [0.25, 0.3) is 11.5 Å². The van der Waals surface area contributed by atoms with E-state index in [0.29, 0.717) is 28.3 Å². The Morgan fingerprint density at radius 1 is 1.17 bits per heavy atom. The van der Waals surface area contributed by atoms with Gasteiger partial charge in [-0.25, -0.2) is 10.4 Å². The summed E-state index contributed by atoms with van der Waals surface area (Å²) in [6, 6.07) is 17.3. The van der Waals surface area contributed by atoms with Crippen LogP contribution in [0.2, 0.25) is 0 Å². The molecule has 180 valence electrons. The first kappa shape index (κ1) is 24.2. The zero-order valence-corrected chi connectivity index (χ0v) is 20.4. The van der Waals surface area contributed by atoms with Crippen molar-refractivity contribution in [2.75, 3.05) is 13.7 Å². The van der Waals surface area contributed by atoms with E-state index in [-0.39, 0.29) is 12.1 Å². The minimum Gasteiger partial charge on any atom is -0.493 e. The molecule has 2 heterocycles. The number of ether oxygens (including phenoxy) is 2. The van der Waals surface area contributed by atoms with Crippen molar-refractivity contribution in [3.8, 4) is 11.5 Å². The zero-order valence-electron chi connectivity index (χ0n) is 19.6. The summed E-state index contributed by atoms with van der Waals surface area (Å²) in [5.74, 6) is 0.774. The van der Waals surface area contributed by atoms with Crippen LogP contribution in [0.5, 0.6) is 11.5 Å². The Balaban J connectivity index is 1.33. The van der Waals surface area contributed by atoms with E-state index in [1.54, 1.807) is 19.2 Å². The molecule has 0 aliphatic carbocycles. The number of methoxy groups -OCH3 is 1. The molecule has 0 bridgehead atoms. The standard InChI is InChI=1S/C26H26N4O4S/c1-3-20-14-21-25(35-20)27-17-30(26(21)32)16-24(31)29-28-15-19-9-10-22(23(13-19)33-2)34-12-11-18-7-5-4-6-8-18/h4-10,13-15,17H,3,11-12,16H2,1-2H3,(H,29,31). The monoisotopic (exact) mass is 490 g/mol. The third kappa shape index (κ3) is 6.13. The smallest absolute Gasteiger partial charge is 0.262 e. The fraction of sp³-hybridized carbons (Fsp3) is 0.231. The molecule has 0 aliphatic rings.